The molecule has 2 aromatic rings. The Hall–Kier alpha value is -1.94. The van der Waals surface area contributed by atoms with E-state index in [1.165, 1.54) is 0 Å². The Balaban J connectivity index is 2.12. The third kappa shape index (κ3) is 3.28. The van der Waals surface area contributed by atoms with Crippen LogP contribution in [0.5, 0.6) is 0 Å². The van der Waals surface area contributed by atoms with Crippen LogP contribution in [0.2, 0.25) is 0 Å². The fraction of sp³-hybridized carbons (Fsp3) is 0.0714. The van der Waals surface area contributed by atoms with Crippen LogP contribution >= 0.6 is 12.6 Å². The molecule has 2 N–H and O–H groups in total. The van der Waals surface area contributed by atoms with Crippen molar-refractivity contribution in [2.75, 3.05) is 5.73 Å². The molecule has 3 nitrogen and oxygen atoms in total. The number of anilines is 1. The summed E-state index contributed by atoms with van der Waals surface area (Å²) in [5, 5.41) is -0.572. The predicted octanol–water partition coefficient (Wildman–Crippen LogP) is 3.50. The molecule has 92 valence electrons. The van der Waals surface area contributed by atoms with E-state index in [9.17, 15) is 4.79 Å². The molecule has 0 amide bonds. The summed E-state index contributed by atoms with van der Waals surface area (Å²) in [5.41, 5.74) is 9.51. The summed E-state index contributed by atoms with van der Waals surface area (Å²) in [6.45, 7) is 0.240. The lowest BCUT2D eigenvalue weighted by molar-refractivity contribution is 0.169. The first-order valence-electron chi connectivity index (χ1n) is 5.46. The minimum atomic E-state index is -0.572. The molecule has 18 heavy (non-hydrogen) atoms. The quantitative estimate of drug-likeness (QED) is 0.504. The SMILES string of the molecule is Nc1ccc(-c2ccc(COC(=O)S)cc2)cc1. The number of ether oxygens (including phenoxy) is 1. The molecule has 2 rings (SSSR count). The molecule has 4 heteroatoms. The average molecular weight is 259 g/mol. The van der Waals surface area contributed by atoms with Gasteiger partial charge in [-0.1, -0.05) is 49.0 Å². The van der Waals surface area contributed by atoms with Crippen LogP contribution in [0.15, 0.2) is 48.5 Å². The van der Waals surface area contributed by atoms with Crippen molar-refractivity contribution in [2.45, 2.75) is 6.61 Å². The lowest BCUT2D eigenvalue weighted by atomic mass is 10.0. The minimum absolute atomic E-state index is 0.240. The molecule has 0 fully saturated rings. The van der Waals surface area contributed by atoms with Crippen LogP contribution < -0.4 is 5.73 Å². The van der Waals surface area contributed by atoms with Gasteiger partial charge in [-0.25, -0.2) is 4.79 Å². The fourth-order valence-corrected chi connectivity index (χ4v) is 1.68. The molecule has 0 aliphatic rings. The molecule has 0 aromatic heterocycles. The van der Waals surface area contributed by atoms with E-state index in [1.807, 2.05) is 48.5 Å². The van der Waals surface area contributed by atoms with E-state index < -0.39 is 5.30 Å². The Morgan fingerprint density at radius 3 is 2.00 bits per heavy atom. The monoisotopic (exact) mass is 259 g/mol. The summed E-state index contributed by atoms with van der Waals surface area (Å²) in [5.74, 6) is 0. The fourth-order valence-electron chi connectivity index (χ4n) is 1.61. The van der Waals surface area contributed by atoms with Gasteiger partial charge in [-0.2, -0.15) is 0 Å². The van der Waals surface area contributed by atoms with Crippen LogP contribution in [0.4, 0.5) is 10.5 Å². The highest BCUT2D eigenvalue weighted by Gasteiger charge is 2.00. The smallest absolute Gasteiger partial charge is 0.364 e. The Bertz CT molecular complexity index is 535. The maximum absolute atomic E-state index is 10.6. The second kappa shape index (κ2) is 5.60. The number of nitrogens with two attached hydrogens (primary N) is 1. The standard InChI is InChI=1S/C14H13NO2S/c15-13-7-5-12(6-8-13)11-3-1-10(2-4-11)9-17-14(16)18/h1-8H,9,15H2,(H,16,18). The first kappa shape index (κ1) is 12.5. The average Bonchev–Trinajstić information content (AvgIpc) is 2.38. The van der Waals surface area contributed by atoms with E-state index in [-0.39, 0.29) is 6.61 Å². The Morgan fingerprint density at radius 1 is 1.00 bits per heavy atom. The summed E-state index contributed by atoms with van der Waals surface area (Å²) < 4.78 is 4.80. The second-order valence-corrected chi connectivity index (χ2v) is 4.24. The Morgan fingerprint density at radius 2 is 1.50 bits per heavy atom. The molecule has 0 saturated carbocycles. The zero-order valence-corrected chi connectivity index (χ0v) is 10.6. The van der Waals surface area contributed by atoms with Crippen molar-refractivity contribution in [2.24, 2.45) is 0 Å². The molecule has 0 radical (unpaired) electrons. The number of thiol groups is 1. The van der Waals surface area contributed by atoms with Gasteiger partial charge in [-0.15, -0.1) is 0 Å². The topological polar surface area (TPSA) is 52.3 Å². The summed E-state index contributed by atoms with van der Waals surface area (Å²) in [6, 6.07) is 15.5. The van der Waals surface area contributed by atoms with Crippen LogP contribution in [0, 0.1) is 0 Å². The van der Waals surface area contributed by atoms with Gasteiger partial charge in [0, 0.05) is 5.69 Å². The number of nitrogen functional groups attached to an aromatic ring is 1. The van der Waals surface area contributed by atoms with E-state index in [1.54, 1.807) is 0 Å². The number of hydrogen-bond donors (Lipinski definition) is 2. The molecular weight excluding hydrogens is 246 g/mol. The van der Waals surface area contributed by atoms with E-state index in [0.29, 0.717) is 0 Å². The molecule has 0 heterocycles. The lowest BCUT2D eigenvalue weighted by Crippen LogP contribution is -1.94. The zero-order chi connectivity index (χ0) is 13.0. The van der Waals surface area contributed by atoms with Crippen molar-refractivity contribution >= 4 is 23.6 Å². The van der Waals surface area contributed by atoms with Gasteiger partial charge in [0.1, 0.15) is 6.61 Å². The van der Waals surface area contributed by atoms with Crippen molar-refractivity contribution < 1.29 is 9.53 Å². The number of benzene rings is 2. The predicted molar refractivity (Wildman–Crippen MR) is 75.5 cm³/mol. The Kier molecular flexibility index (Phi) is 3.89. The van der Waals surface area contributed by atoms with Crippen LogP contribution in [0.25, 0.3) is 11.1 Å². The van der Waals surface area contributed by atoms with Crippen molar-refractivity contribution in [3.8, 4) is 11.1 Å². The van der Waals surface area contributed by atoms with Gasteiger partial charge in [-0.3, -0.25) is 0 Å². The molecule has 2 aromatic carbocycles. The van der Waals surface area contributed by atoms with Gasteiger partial charge in [0.25, 0.3) is 0 Å². The Labute approximate surface area is 111 Å². The van der Waals surface area contributed by atoms with Crippen LogP contribution in [0.1, 0.15) is 5.56 Å². The maximum atomic E-state index is 10.6. The first-order valence-corrected chi connectivity index (χ1v) is 5.90. The highest BCUT2D eigenvalue weighted by Crippen LogP contribution is 2.21. The normalized spacial score (nSPS) is 10.1. The summed E-state index contributed by atoms with van der Waals surface area (Å²) in [7, 11) is 0. The second-order valence-electron chi connectivity index (χ2n) is 3.87. The number of hydrogen-bond acceptors (Lipinski definition) is 3. The van der Waals surface area contributed by atoms with E-state index in [4.69, 9.17) is 10.5 Å². The molecule has 0 saturated heterocycles. The largest absolute Gasteiger partial charge is 0.453 e. The highest BCUT2D eigenvalue weighted by molar-refractivity contribution is 7.96. The lowest BCUT2D eigenvalue weighted by Gasteiger charge is -2.05. The van der Waals surface area contributed by atoms with Crippen molar-refractivity contribution in [3.05, 3.63) is 54.1 Å². The molecular formula is C14H13NO2S. The van der Waals surface area contributed by atoms with Gasteiger partial charge in [-0.05, 0) is 28.8 Å². The molecule has 0 aliphatic heterocycles. The van der Waals surface area contributed by atoms with E-state index >= 15 is 0 Å². The first-order chi connectivity index (χ1) is 8.65. The van der Waals surface area contributed by atoms with Gasteiger partial charge in [0.05, 0.1) is 0 Å². The van der Waals surface area contributed by atoms with E-state index in [0.717, 1.165) is 22.4 Å². The third-order valence-corrected chi connectivity index (χ3v) is 2.69. The van der Waals surface area contributed by atoms with Gasteiger partial charge < -0.3 is 10.5 Å². The molecule has 0 aliphatic carbocycles. The summed E-state index contributed by atoms with van der Waals surface area (Å²) in [6.07, 6.45) is 0. The third-order valence-electron chi connectivity index (χ3n) is 2.56. The molecule has 0 bridgehead atoms. The zero-order valence-electron chi connectivity index (χ0n) is 9.67. The number of carbonyl (C=O) groups is 1. The van der Waals surface area contributed by atoms with Crippen LogP contribution in [-0.2, 0) is 11.3 Å². The minimum Gasteiger partial charge on any atom is -0.453 e. The van der Waals surface area contributed by atoms with Crippen molar-refractivity contribution in [3.63, 3.8) is 0 Å². The number of rotatable bonds is 3. The van der Waals surface area contributed by atoms with E-state index in [2.05, 4.69) is 12.6 Å². The van der Waals surface area contributed by atoms with Crippen LogP contribution in [0.3, 0.4) is 0 Å². The summed E-state index contributed by atoms with van der Waals surface area (Å²) >= 11 is 3.54. The van der Waals surface area contributed by atoms with Gasteiger partial charge in [0.2, 0.25) is 0 Å². The van der Waals surface area contributed by atoms with Crippen molar-refractivity contribution in [1.82, 2.24) is 0 Å². The molecule has 0 atom stereocenters. The number of carbonyl (C=O) groups excluding carboxylic acids is 1. The van der Waals surface area contributed by atoms with Gasteiger partial charge in [0.15, 0.2) is 0 Å². The van der Waals surface area contributed by atoms with Gasteiger partial charge >= 0.3 is 5.30 Å². The van der Waals surface area contributed by atoms with Crippen molar-refractivity contribution in [1.29, 1.82) is 0 Å². The molecule has 0 spiro atoms. The molecule has 0 unspecified atom stereocenters. The summed E-state index contributed by atoms with van der Waals surface area (Å²) in [4.78, 5) is 10.6. The van der Waals surface area contributed by atoms with Crippen LogP contribution in [-0.4, -0.2) is 5.30 Å². The highest BCUT2D eigenvalue weighted by atomic mass is 32.1. The maximum Gasteiger partial charge on any atom is 0.364 e.